The molecule has 1 aromatic rings. The molecule has 0 aromatic heterocycles. The van der Waals surface area contributed by atoms with Gasteiger partial charge in [0, 0.05) is 11.6 Å². The number of carboxylic acid groups (broad SMARTS) is 1. The first kappa shape index (κ1) is 16.7. The van der Waals surface area contributed by atoms with Gasteiger partial charge in [0.1, 0.15) is 11.6 Å². The Kier molecular flexibility index (Phi) is 6.45. The molecule has 1 amide bonds. The Morgan fingerprint density at radius 3 is 2.71 bits per heavy atom. The highest BCUT2D eigenvalue weighted by Crippen LogP contribution is 2.23. The van der Waals surface area contributed by atoms with Crippen LogP contribution in [0.15, 0.2) is 18.2 Å². The fourth-order valence-corrected chi connectivity index (χ4v) is 1.71. The van der Waals surface area contributed by atoms with Gasteiger partial charge in [-0.3, -0.25) is 4.79 Å². The summed E-state index contributed by atoms with van der Waals surface area (Å²) < 4.78 is 18.6. The summed E-state index contributed by atoms with van der Waals surface area (Å²) in [6, 6.07) is 2.23. The second kappa shape index (κ2) is 8.08. The number of alkyl carbamates (subject to hydrolysis) is 1. The van der Waals surface area contributed by atoms with Crippen molar-refractivity contribution in [3.05, 3.63) is 29.6 Å². The Bertz CT molecular complexity index is 506. The third kappa shape index (κ3) is 5.68. The predicted octanol–water partition coefficient (Wildman–Crippen LogP) is 2.57. The van der Waals surface area contributed by atoms with Crippen LogP contribution in [0.3, 0.4) is 0 Å². The summed E-state index contributed by atoms with van der Waals surface area (Å²) in [4.78, 5) is 22.4. The quantitative estimate of drug-likeness (QED) is 0.672. The van der Waals surface area contributed by atoms with Crippen LogP contribution >= 0.6 is 0 Å². The number of benzene rings is 1. The molecule has 1 aromatic carbocycles. The lowest BCUT2D eigenvalue weighted by molar-refractivity contribution is -0.137. The van der Waals surface area contributed by atoms with Gasteiger partial charge in [-0.25, -0.2) is 9.18 Å². The van der Waals surface area contributed by atoms with E-state index in [-0.39, 0.29) is 17.9 Å². The standard InChI is InChI=1S/C14H18FNO5/c1-2-3-6-21-14(20)16-12(8-13(18)19)10-5-4-9(17)7-11(10)15/h4-5,7,12,17H,2-3,6,8H2,1H3,(H,16,20)(H,18,19). The lowest BCUT2D eigenvalue weighted by atomic mass is 10.0. The molecule has 1 unspecified atom stereocenters. The van der Waals surface area contributed by atoms with Crippen molar-refractivity contribution in [3.8, 4) is 5.75 Å². The molecule has 0 fully saturated rings. The number of amides is 1. The van der Waals surface area contributed by atoms with E-state index in [2.05, 4.69) is 5.32 Å². The molecular weight excluding hydrogens is 281 g/mol. The normalized spacial score (nSPS) is 11.7. The number of rotatable bonds is 7. The van der Waals surface area contributed by atoms with E-state index in [4.69, 9.17) is 14.9 Å². The minimum Gasteiger partial charge on any atom is -0.508 e. The summed E-state index contributed by atoms with van der Waals surface area (Å²) in [5.74, 6) is -2.27. The summed E-state index contributed by atoms with van der Waals surface area (Å²) in [5, 5.41) is 20.3. The van der Waals surface area contributed by atoms with Crippen LogP contribution in [0.1, 0.15) is 37.8 Å². The number of phenolic OH excluding ortho intramolecular Hbond substituents is 1. The predicted molar refractivity (Wildman–Crippen MR) is 72.5 cm³/mol. The maximum Gasteiger partial charge on any atom is 0.407 e. The molecule has 0 radical (unpaired) electrons. The van der Waals surface area contributed by atoms with Gasteiger partial charge < -0.3 is 20.3 Å². The number of hydrogen-bond donors (Lipinski definition) is 3. The number of carboxylic acids is 1. The van der Waals surface area contributed by atoms with Gasteiger partial charge in [0.15, 0.2) is 0 Å². The Balaban J connectivity index is 2.80. The van der Waals surface area contributed by atoms with Crippen LogP contribution in [0.2, 0.25) is 0 Å². The Morgan fingerprint density at radius 1 is 1.43 bits per heavy atom. The molecule has 0 aliphatic rings. The number of aliphatic carboxylic acids is 1. The van der Waals surface area contributed by atoms with E-state index in [1.807, 2.05) is 6.92 Å². The minimum absolute atomic E-state index is 0.0253. The molecule has 21 heavy (non-hydrogen) atoms. The van der Waals surface area contributed by atoms with Crippen LogP contribution in [0.4, 0.5) is 9.18 Å². The minimum atomic E-state index is -1.19. The summed E-state index contributed by atoms with van der Waals surface area (Å²) in [6.45, 7) is 2.14. The van der Waals surface area contributed by atoms with Gasteiger partial charge in [-0.05, 0) is 12.5 Å². The van der Waals surface area contributed by atoms with Gasteiger partial charge in [-0.2, -0.15) is 0 Å². The molecule has 1 atom stereocenters. The average molecular weight is 299 g/mol. The van der Waals surface area contributed by atoms with Crippen molar-refractivity contribution < 1.29 is 28.9 Å². The number of ether oxygens (including phenoxy) is 1. The second-order valence-electron chi connectivity index (χ2n) is 4.49. The van der Waals surface area contributed by atoms with E-state index in [1.54, 1.807) is 0 Å². The summed E-state index contributed by atoms with van der Waals surface area (Å²) in [5.41, 5.74) is -0.0253. The first-order chi connectivity index (χ1) is 9.93. The van der Waals surface area contributed by atoms with Crippen LogP contribution in [0.5, 0.6) is 5.75 Å². The van der Waals surface area contributed by atoms with Crippen LogP contribution in [0.25, 0.3) is 0 Å². The molecule has 6 nitrogen and oxygen atoms in total. The van der Waals surface area contributed by atoms with Crippen molar-refractivity contribution in [2.24, 2.45) is 0 Å². The van der Waals surface area contributed by atoms with Crippen molar-refractivity contribution in [2.45, 2.75) is 32.2 Å². The monoisotopic (exact) mass is 299 g/mol. The molecule has 0 aliphatic heterocycles. The van der Waals surface area contributed by atoms with Gasteiger partial charge in [-0.1, -0.05) is 19.4 Å². The Hall–Kier alpha value is -2.31. The van der Waals surface area contributed by atoms with Gasteiger partial charge in [0.05, 0.1) is 19.1 Å². The number of carbonyl (C=O) groups excluding carboxylic acids is 1. The van der Waals surface area contributed by atoms with Crippen molar-refractivity contribution in [1.29, 1.82) is 0 Å². The molecule has 0 saturated heterocycles. The zero-order chi connectivity index (χ0) is 15.8. The van der Waals surface area contributed by atoms with E-state index in [9.17, 15) is 14.0 Å². The van der Waals surface area contributed by atoms with Crippen LogP contribution in [-0.2, 0) is 9.53 Å². The third-order valence-electron chi connectivity index (χ3n) is 2.76. The van der Waals surface area contributed by atoms with E-state index < -0.39 is 30.3 Å². The van der Waals surface area contributed by atoms with Crippen LogP contribution < -0.4 is 5.32 Å². The number of unbranched alkanes of at least 4 members (excludes halogenated alkanes) is 1. The van der Waals surface area contributed by atoms with Crippen LogP contribution in [-0.4, -0.2) is 28.9 Å². The number of nitrogens with one attached hydrogen (secondary N) is 1. The van der Waals surface area contributed by atoms with E-state index >= 15 is 0 Å². The average Bonchev–Trinajstić information content (AvgIpc) is 2.37. The SMILES string of the molecule is CCCCOC(=O)NC(CC(=O)O)c1ccc(O)cc1F. The lowest BCUT2D eigenvalue weighted by Crippen LogP contribution is -2.31. The molecule has 0 heterocycles. The molecule has 0 saturated carbocycles. The summed E-state index contributed by atoms with van der Waals surface area (Å²) in [7, 11) is 0. The number of hydrogen-bond acceptors (Lipinski definition) is 4. The Morgan fingerprint density at radius 2 is 2.14 bits per heavy atom. The van der Waals surface area contributed by atoms with Crippen molar-refractivity contribution in [1.82, 2.24) is 5.32 Å². The van der Waals surface area contributed by atoms with Gasteiger partial charge in [0.25, 0.3) is 0 Å². The van der Waals surface area contributed by atoms with Gasteiger partial charge >= 0.3 is 12.1 Å². The fourth-order valence-electron chi connectivity index (χ4n) is 1.71. The van der Waals surface area contributed by atoms with Crippen molar-refractivity contribution >= 4 is 12.1 Å². The summed E-state index contributed by atoms with van der Waals surface area (Å²) in [6.07, 6.45) is 0.232. The van der Waals surface area contributed by atoms with Crippen molar-refractivity contribution in [2.75, 3.05) is 6.61 Å². The largest absolute Gasteiger partial charge is 0.508 e. The highest BCUT2D eigenvalue weighted by atomic mass is 19.1. The first-order valence-corrected chi connectivity index (χ1v) is 6.57. The molecule has 0 spiro atoms. The fraction of sp³-hybridized carbons (Fsp3) is 0.429. The third-order valence-corrected chi connectivity index (χ3v) is 2.76. The highest BCUT2D eigenvalue weighted by Gasteiger charge is 2.22. The number of halogens is 1. The smallest absolute Gasteiger partial charge is 0.407 e. The molecule has 0 bridgehead atoms. The molecule has 116 valence electrons. The van der Waals surface area contributed by atoms with E-state index in [0.717, 1.165) is 12.5 Å². The Labute approximate surface area is 121 Å². The van der Waals surface area contributed by atoms with Crippen LogP contribution in [0, 0.1) is 5.82 Å². The second-order valence-corrected chi connectivity index (χ2v) is 4.49. The summed E-state index contributed by atoms with van der Waals surface area (Å²) >= 11 is 0. The molecule has 1 rings (SSSR count). The molecular formula is C14H18FNO5. The molecule has 3 N–H and O–H groups in total. The van der Waals surface area contributed by atoms with Gasteiger partial charge in [0.2, 0.25) is 0 Å². The lowest BCUT2D eigenvalue weighted by Gasteiger charge is -2.18. The molecule has 7 heteroatoms. The number of aromatic hydroxyl groups is 1. The molecule has 0 aliphatic carbocycles. The van der Waals surface area contributed by atoms with E-state index in [0.29, 0.717) is 6.42 Å². The van der Waals surface area contributed by atoms with Crippen molar-refractivity contribution in [3.63, 3.8) is 0 Å². The zero-order valence-corrected chi connectivity index (χ0v) is 11.6. The number of carbonyl (C=O) groups is 2. The van der Waals surface area contributed by atoms with E-state index in [1.165, 1.54) is 12.1 Å². The maximum atomic E-state index is 13.8. The zero-order valence-electron chi connectivity index (χ0n) is 11.6. The van der Waals surface area contributed by atoms with Gasteiger partial charge in [-0.15, -0.1) is 0 Å². The maximum absolute atomic E-state index is 13.8. The highest BCUT2D eigenvalue weighted by molar-refractivity contribution is 5.72. The number of phenols is 1. The topological polar surface area (TPSA) is 95.9 Å². The first-order valence-electron chi connectivity index (χ1n) is 6.57.